The fraction of sp³-hybridized carbons (Fsp3) is 0.714. The maximum absolute atomic E-state index is 11.4. The minimum Gasteiger partial charge on any atom is -0.395 e. The van der Waals surface area contributed by atoms with Crippen molar-refractivity contribution in [1.82, 2.24) is 0 Å². The maximum atomic E-state index is 11.4. The van der Waals surface area contributed by atoms with Gasteiger partial charge in [-0.3, -0.25) is 0 Å². The molecule has 0 bridgehead atoms. The lowest BCUT2D eigenvalue weighted by molar-refractivity contribution is -0.164. The van der Waals surface area contributed by atoms with Crippen LogP contribution in [0.2, 0.25) is 0 Å². The van der Waals surface area contributed by atoms with Crippen LogP contribution in [0.15, 0.2) is 30.3 Å². The van der Waals surface area contributed by atoms with E-state index in [0.717, 1.165) is 25.2 Å². The SMILES string of the molecule is CC(C)CCCCCCCC(O)(c1ccccc1)C(CO)(CO)CO.OP(O)O.OP(O)O. The Morgan fingerprint density at radius 3 is 1.48 bits per heavy atom. The summed E-state index contributed by atoms with van der Waals surface area (Å²) in [6.07, 6.45) is 6.96. The van der Waals surface area contributed by atoms with Gasteiger partial charge < -0.3 is 49.8 Å². The summed E-state index contributed by atoms with van der Waals surface area (Å²) in [5.74, 6) is 0.738. The summed E-state index contributed by atoms with van der Waals surface area (Å²) in [5.41, 5.74) is -2.18. The molecule has 196 valence electrons. The van der Waals surface area contributed by atoms with E-state index >= 15 is 0 Å². The Morgan fingerprint density at radius 2 is 1.09 bits per heavy atom. The minimum atomic E-state index is -2.62. The topological polar surface area (TPSA) is 202 Å². The maximum Gasteiger partial charge on any atom is 0.324 e. The van der Waals surface area contributed by atoms with Crippen molar-refractivity contribution in [2.75, 3.05) is 19.8 Å². The van der Waals surface area contributed by atoms with Crippen LogP contribution in [0.5, 0.6) is 0 Å². The van der Waals surface area contributed by atoms with Crippen LogP contribution in [-0.2, 0) is 5.60 Å². The molecule has 0 aliphatic rings. The van der Waals surface area contributed by atoms with Gasteiger partial charge in [-0.25, -0.2) is 0 Å². The summed E-state index contributed by atoms with van der Waals surface area (Å²) in [7, 11) is -5.24. The lowest BCUT2D eigenvalue weighted by Crippen LogP contribution is -2.53. The first kappa shape index (κ1) is 34.8. The van der Waals surface area contributed by atoms with E-state index in [4.69, 9.17) is 29.4 Å². The van der Waals surface area contributed by atoms with Crippen molar-refractivity contribution in [3.05, 3.63) is 35.9 Å². The average Bonchev–Trinajstić information content (AvgIpc) is 2.74. The molecule has 0 saturated heterocycles. The molecule has 1 aromatic carbocycles. The Balaban J connectivity index is 0. The first-order chi connectivity index (χ1) is 15.4. The number of rotatable bonds is 13. The van der Waals surface area contributed by atoms with Gasteiger partial charge >= 0.3 is 17.2 Å². The first-order valence-electron chi connectivity index (χ1n) is 10.8. The third kappa shape index (κ3) is 15.3. The molecule has 12 heteroatoms. The zero-order chi connectivity index (χ0) is 25.9. The number of benzene rings is 1. The van der Waals surface area contributed by atoms with Gasteiger partial charge in [0.15, 0.2) is 0 Å². The van der Waals surface area contributed by atoms with Crippen molar-refractivity contribution in [2.24, 2.45) is 11.3 Å². The van der Waals surface area contributed by atoms with Crippen LogP contribution in [0.25, 0.3) is 0 Å². The number of aliphatic hydroxyl groups excluding tert-OH is 3. The van der Waals surface area contributed by atoms with E-state index in [0.29, 0.717) is 12.0 Å². The van der Waals surface area contributed by atoms with E-state index in [1.807, 2.05) is 18.2 Å². The molecule has 1 aromatic rings. The highest BCUT2D eigenvalue weighted by molar-refractivity contribution is 7.38. The van der Waals surface area contributed by atoms with Gasteiger partial charge in [-0.15, -0.1) is 0 Å². The third-order valence-electron chi connectivity index (χ3n) is 5.36. The Hall–Kier alpha value is -0.320. The van der Waals surface area contributed by atoms with Gasteiger partial charge in [-0.1, -0.05) is 82.7 Å². The van der Waals surface area contributed by atoms with Gasteiger partial charge in [0, 0.05) is 0 Å². The van der Waals surface area contributed by atoms with Crippen molar-refractivity contribution < 1.29 is 49.8 Å². The van der Waals surface area contributed by atoms with E-state index in [1.54, 1.807) is 12.1 Å². The van der Waals surface area contributed by atoms with Gasteiger partial charge in [0.2, 0.25) is 0 Å². The lowest BCUT2D eigenvalue weighted by atomic mass is 9.67. The van der Waals surface area contributed by atoms with E-state index in [1.165, 1.54) is 19.3 Å². The molecular formula is C21H42O10P2. The molecular weight excluding hydrogens is 474 g/mol. The molecule has 0 radical (unpaired) electrons. The quantitative estimate of drug-likeness (QED) is 0.136. The summed E-state index contributed by atoms with van der Waals surface area (Å²) in [4.78, 5) is 43.4. The van der Waals surface area contributed by atoms with Gasteiger partial charge in [0.1, 0.15) is 5.60 Å². The second-order valence-electron chi connectivity index (χ2n) is 8.22. The number of aliphatic hydroxyl groups is 4. The Labute approximate surface area is 198 Å². The predicted molar refractivity (Wildman–Crippen MR) is 128 cm³/mol. The fourth-order valence-corrected chi connectivity index (χ4v) is 3.44. The van der Waals surface area contributed by atoms with E-state index < -0.39 is 48.0 Å². The zero-order valence-electron chi connectivity index (χ0n) is 19.4. The summed E-state index contributed by atoms with van der Waals surface area (Å²) in [5, 5.41) is 40.8. The molecule has 0 aliphatic heterocycles. The molecule has 0 amide bonds. The van der Waals surface area contributed by atoms with Gasteiger partial charge in [0.05, 0.1) is 25.2 Å². The standard InChI is InChI=1S/C21H36O4.2H3O3P/c1-18(2)11-7-4-3-5-10-14-21(25,19-12-8-6-9-13-19)20(15-22,16-23)17-24;2*1-4(2)3/h6,8-9,12-13,18,22-25H,3-5,7,10-11,14-17H2,1-2H3;2*1-3H. The number of hydrogen-bond acceptors (Lipinski definition) is 10. The van der Waals surface area contributed by atoms with Crippen LogP contribution < -0.4 is 0 Å². The third-order valence-corrected chi connectivity index (χ3v) is 5.36. The Morgan fingerprint density at radius 1 is 0.697 bits per heavy atom. The first-order valence-corrected chi connectivity index (χ1v) is 13.2. The molecule has 10 nitrogen and oxygen atoms in total. The van der Waals surface area contributed by atoms with Crippen LogP contribution in [0, 0.1) is 11.3 Å². The second-order valence-corrected chi connectivity index (χ2v) is 9.29. The summed E-state index contributed by atoms with van der Waals surface area (Å²) in [6, 6.07) is 9.08. The Kier molecular flexibility index (Phi) is 21.0. The van der Waals surface area contributed by atoms with E-state index in [9.17, 15) is 20.4 Å². The van der Waals surface area contributed by atoms with Crippen molar-refractivity contribution in [3.63, 3.8) is 0 Å². The highest BCUT2D eigenvalue weighted by Crippen LogP contribution is 2.43. The molecule has 33 heavy (non-hydrogen) atoms. The fourth-order valence-electron chi connectivity index (χ4n) is 3.44. The second kappa shape index (κ2) is 19.9. The van der Waals surface area contributed by atoms with Gasteiger partial charge in [0.25, 0.3) is 0 Å². The zero-order valence-corrected chi connectivity index (χ0v) is 21.2. The van der Waals surface area contributed by atoms with Crippen LogP contribution in [0.1, 0.15) is 64.4 Å². The van der Waals surface area contributed by atoms with E-state index in [2.05, 4.69) is 13.8 Å². The molecule has 0 fully saturated rings. The summed E-state index contributed by atoms with van der Waals surface area (Å²) < 4.78 is 0. The highest BCUT2D eigenvalue weighted by atomic mass is 31.2. The minimum absolute atomic E-state index is 0.406. The van der Waals surface area contributed by atoms with Gasteiger partial charge in [-0.2, -0.15) is 0 Å². The predicted octanol–water partition coefficient (Wildman–Crippen LogP) is 1.60. The molecule has 0 aliphatic carbocycles. The normalized spacial score (nSPS) is 13.3. The largest absolute Gasteiger partial charge is 0.395 e. The monoisotopic (exact) mass is 516 g/mol. The lowest BCUT2D eigenvalue weighted by Gasteiger charge is -2.45. The van der Waals surface area contributed by atoms with Crippen LogP contribution in [0.3, 0.4) is 0 Å². The highest BCUT2D eigenvalue weighted by Gasteiger charge is 2.50. The molecule has 10 N–H and O–H groups in total. The van der Waals surface area contributed by atoms with Crippen LogP contribution >= 0.6 is 17.2 Å². The molecule has 0 heterocycles. The van der Waals surface area contributed by atoms with Crippen molar-refractivity contribution in [1.29, 1.82) is 0 Å². The Bertz CT molecular complexity index is 539. The molecule has 1 rings (SSSR count). The van der Waals surface area contributed by atoms with Crippen molar-refractivity contribution >= 4 is 17.2 Å². The average molecular weight is 517 g/mol. The number of hydrogen-bond donors (Lipinski definition) is 10. The molecule has 0 aromatic heterocycles. The van der Waals surface area contributed by atoms with Crippen LogP contribution in [0.4, 0.5) is 0 Å². The smallest absolute Gasteiger partial charge is 0.324 e. The molecule has 0 saturated carbocycles. The number of unbranched alkanes of at least 4 members (excludes halogenated alkanes) is 4. The molecule has 0 spiro atoms. The van der Waals surface area contributed by atoms with Crippen LogP contribution in [-0.4, -0.2) is 69.6 Å². The summed E-state index contributed by atoms with van der Waals surface area (Å²) in [6.45, 7) is 3.05. The van der Waals surface area contributed by atoms with Crippen molar-refractivity contribution in [2.45, 2.75) is 64.4 Å². The van der Waals surface area contributed by atoms with Crippen molar-refractivity contribution in [3.8, 4) is 0 Å². The molecule has 1 unspecified atom stereocenters. The summed E-state index contributed by atoms with van der Waals surface area (Å²) >= 11 is 0. The van der Waals surface area contributed by atoms with E-state index in [-0.39, 0.29) is 0 Å². The van der Waals surface area contributed by atoms with Gasteiger partial charge in [-0.05, 0) is 17.9 Å². The molecule has 1 atom stereocenters.